The summed E-state index contributed by atoms with van der Waals surface area (Å²) in [6, 6.07) is 2.74. The minimum absolute atomic E-state index is 0.474. The highest BCUT2D eigenvalue weighted by atomic mass is 15.1. The molecule has 2 aromatic heterocycles. The normalized spacial score (nSPS) is 17.2. The zero-order valence-corrected chi connectivity index (χ0v) is 10.8. The van der Waals surface area contributed by atoms with E-state index in [1.807, 2.05) is 12.4 Å². The van der Waals surface area contributed by atoms with E-state index >= 15 is 0 Å². The molecule has 0 radical (unpaired) electrons. The number of hydrogen-bond donors (Lipinski definition) is 1. The van der Waals surface area contributed by atoms with E-state index in [1.54, 1.807) is 0 Å². The first-order valence-corrected chi connectivity index (χ1v) is 6.83. The van der Waals surface area contributed by atoms with E-state index in [9.17, 15) is 0 Å². The van der Waals surface area contributed by atoms with Crippen molar-refractivity contribution < 1.29 is 0 Å². The third kappa shape index (κ3) is 2.01. The summed E-state index contributed by atoms with van der Waals surface area (Å²) in [7, 11) is 0. The van der Waals surface area contributed by atoms with Gasteiger partial charge in [-0.3, -0.25) is 4.98 Å². The van der Waals surface area contributed by atoms with Crippen molar-refractivity contribution >= 4 is 11.0 Å². The zero-order valence-electron chi connectivity index (χ0n) is 10.8. The molecular weight excluding hydrogens is 224 g/mol. The van der Waals surface area contributed by atoms with Crippen molar-refractivity contribution in [2.75, 3.05) is 6.54 Å². The first-order chi connectivity index (χ1) is 8.81. The Bertz CT molecular complexity index is 542. The molecule has 0 saturated heterocycles. The van der Waals surface area contributed by atoms with Crippen LogP contribution in [0.1, 0.15) is 50.4 Å². The molecule has 4 nitrogen and oxygen atoms in total. The lowest BCUT2D eigenvalue weighted by molar-refractivity contribution is 0.570. The van der Waals surface area contributed by atoms with Crippen molar-refractivity contribution in [2.24, 2.45) is 5.73 Å². The molecule has 1 saturated carbocycles. The Labute approximate surface area is 107 Å². The number of fused-ring (bicyclic) bond motifs is 1. The number of nitrogens with zero attached hydrogens (tertiary/aromatic N) is 3. The van der Waals surface area contributed by atoms with Gasteiger partial charge in [-0.1, -0.05) is 6.92 Å². The van der Waals surface area contributed by atoms with Gasteiger partial charge in [0.2, 0.25) is 0 Å². The van der Waals surface area contributed by atoms with Gasteiger partial charge in [0, 0.05) is 18.2 Å². The Kier molecular flexibility index (Phi) is 3.04. The molecule has 0 aliphatic heterocycles. The van der Waals surface area contributed by atoms with Gasteiger partial charge >= 0.3 is 0 Å². The average molecular weight is 244 g/mol. The maximum absolute atomic E-state index is 5.60. The Morgan fingerprint density at radius 1 is 1.50 bits per heavy atom. The van der Waals surface area contributed by atoms with Crippen LogP contribution in [0.4, 0.5) is 0 Å². The van der Waals surface area contributed by atoms with Crippen molar-refractivity contribution in [1.29, 1.82) is 0 Å². The lowest BCUT2D eigenvalue weighted by atomic mass is 10.0. The summed E-state index contributed by atoms with van der Waals surface area (Å²) < 4.78 is 2.43. The Morgan fingerprint density at radius 3 is 3.06 bits per heavy atom. The van der Waals surface area contributed by atoms with Crippen LogP contribution in [0.25, 0.3) is 11.0 Å². The van der Waals surface area contributed by atoms with Gasteiger partial charge in [0.05, 0.1) is 11.7 Å². The van der Waals surface area contributed by atoms with Crippen molar-refractivity contribution in [3.63, 3.8) is 0 Å². The standard InChI is InChI=1S/C14H20N4/c1-10(3-2-7-15)14-17-12-9-16-8-6-13(12)18(14)11-4-5-11/h6,8-11H,2-5,7,15H2,1H3. The summed E-state index contributed by atoms with van der Waals surface area (Å²) in [4.78, 5) is 8.96. The van der Waals surface area contributed by atoms with Crippen LogP contribution < -0.4 is 5.73 Å². The first kappa shape index (κ1) is 11.7. The van der Waals surface area contributed by atoms with E-state index in [4.69, 9.17) is 10.7 Å². The van der Waals surface area contributed by atoms with E-state index in [-0.39, 0.29) is 0 Å². The monoisotopic (exact) mass is 244 g/mol. The van der Waals surface area contributed by atoms with Gasteiger partial charge < -0.3 is 10.3 Å². The second-order valence-electron chi connectivity index (χ2n) is 5.27. The summed E-state index contributed by atoms with van der Waals surface area (Å²) in [5.74, 6) is 1.69. The molecule has 1 aliphatic rings. The highest BCUT2D eigenvalue weighted by molar-refractivity contribution is 5.75. The highest BCUT2D eigenvalue weighted by Gasteiger charge is 2.29. The third-order valence-electron chi connectivity index (χ3n) is 3.71. The average Bonchev–Trinajstić information content (AvgIpc) is 3.15. The van der Waals surface area contributed by atoms with Crippen molar-refractivity contribution in [3.8, 4) is 0 Å². The molecule has 2 heterocycles. The fraction of sp³-hybridized carbons (Fsp3) is 0.571. The largest absolute Gasteiger partial charge is 0.330 e. The molecule has 1 atom stereocenters. The first-order valence-electron chi connectivity index (χ1n) is 6.83. The van der Waals surface area contributed by atoms with Crippen molar-refractivity contribution in [2.45, 2.75) is 44.6 Å². The molecule has 2 aromatic rings. The lowest BCUT2D eigenvalue weighted by Gasteiger charge is -2.13. The van der Waals surface area contributed by atoms with Gasteiger partial charge in [-0.05, 0) is 38.3 Å². The van der Waals surface area contributed by atoms with Crippen LogP contribution in [-0.2, 0) is 0 Å². The van der Waals surface area contributed by atoms with Crippen molar-refractivity contribution in [1.82, 2.24) is 14.5 Å². The Hall–Kier alpha value is -1.42. The molecule has 0 aromatic carbocycles. The van der Waals surface area contributed by atoms with Gasteiger partial charge in [0.25, 0.3) is 0 Å². The van der Waals surface area contributed by atoms with E-state index in [1.165, 1.54) is 24.2 Å². The molecular formula is C14H20N4. The summed E-state index contributed by atoms with van der Waals surface area (Å²) >= 11 is 0. The van der Waals surface area contributed by atoms with Crippen LogP contribution in [0.15, 0.2) is 18.5 Å². The predicted molar refractivity (Wildman–Crippen MR) is 72.5 cm³/mol. The number of nitrogens with two attached hydrogens (primary N) is 1. The fourth-order valence-corrected chi connectivity index (χ4v) is 2.59. The smallest absolute Gasteiger partial charge is 0.113 e. The van der Waals surface area contributed by atoms with Gasteiger partial charge in [-0.15, -0.1) is 0 Å². The Morgan fingerprint density at radius 2 is 2.33 bits per heavy atom. The molecule has 0 amide bonds. The molecule has 0 spiro atoms. The molecule has 0 bridgehead atoms. The second kappa shape index (κ2) is 4.69. The minimum atomic E-state index is 0.474. The number of rotatable bonds is 5. The number of aromatic nitrogens is 3. The number of pyridine rings is 1. The summed E-state index contributed by atoms with van der Waals surface area (Å²) in [6.45, 7) is 3.01. The highest BCUT2D eigenvalue weighted by Crippen LogP contribution is 2.40. The summed E-state index contributed by atoms with van der Waals surface area (Å²) in [5.41, 5.74) is 7.87. The number of imidazole rings is 1. The van der Waals surface area contributed by atoms with Gasteiger partial charge in [-0.25, -0.2) is 4.98 Å². The summed E-state index contributed by atoms with van der Waals surface area (Å²) in [6.07, 6.45) is 8.46. The number of hydrogen-bond acceptors (Lipinski definition) is 3. The van der Waals surface area contributed by atoms with Crippen LogP contribution in [0.3, 0.4) is 0 Å². The molecule has 96 valence electrons. The third-order valence-corrected chi connectivity index (χ3v) is 3.71. The zero-order chi connectivity index (χ0) is 12.5. The molecule has 1 aliphatic carbocycles. The van der Waals surface area contributed by atoms with Gasteiger partial charge in [0.1, 0.15) is 11.3 Å². The Balaban J connectivity index is 2.01. The fourth-order valence-electron chi connectivity index (χ4n) is 2.59. The molecule has 3 rings (SSSR count). The minimum Gasteiger partial charge on any atom is -0.330 e. The van der Waals surface area contributed by atoms with Gasteiger partial charge in [-0.2, -0.15) is 0 Å². The predicted octanol–water partition coefficient (Wildman–Crippen LogP) is 2.61. The quantitative estimate of drug-likeness (QED) is 0.879. The van der Waals surface area contributed by atoms with Crippen LogP contribution in [0.5, 0.6) is 0 Å². The van der Waals surface area contributed by atoms with E-state index in [0.29, 0.717) is 12.0 Å². The van der Waals surface area contributed by atoms with Crippen LogP contribution >= 0.6 is 0 Å². The van der Waals surface area contributed by atoms with Crippen LogP contribution in [0.2, 0.25) is 0 Å². The van der Waals surface area contributed by atoms with E-state index in [0.717, 1.165) is 24.9 Å². The SMILES string of the molecule is CC(CCCN)c1nc2cnccc2n1C1CC1. The van der Waals surface area contributed by atoms with E-state index in [2.05, 4.69) is 22.5 Å². The maximum atomic E-state index is 5.60. The second-order valence-corrected chi connectivity index (χ2v) is 5.27. The summed E-state index contributed by atoms with van der Waals surface area (Å²) in [5, 5.41) is 0. The lowest BCUT2D eigenvalue weighted by Crippen LogP contribution is -2.08. The van der Waals surface area contributed by atoms with E-state index < -0.39 is 0 Å². The van der Waals surface area contributed by atoms with Crippen molar-refractivity contribution in [3.05, 3.63) is 24.3 Å². The van der Waals surface area contributed by atoms with Gasteiger partial charge in [0.15, 0.2) is 0 Å². The molecule has 18 heavy (non-hydrogen) atoms. The van der Waals surface area contributed by atoms with Crippen LogP contribution in [0, 0.1) is 0 Å². The molecule has 2 N–H and O–H groups in total. The molecule has 1 unspecified atom stereocenters. The molecule has 1 fully saturated rings. The molecule has 4 heteroatoms. The maximum Gasteiger partial charge on any atom is 0.113 e. The topological polar surface area (TPSA) is 56.7 Å². The van der Waals surface area contributed by atoms with Crippen LogP contribution in [-0.4, -0.2) is 21.1 Å².